The Hall–Kier alpha value is -2.40. The number of carbonyl (C=O) groups excluding carboxylic acids is 2. The Morgan fingerprint density at radius 1 is 1.00 bits per heavy atom. The van der Waals surface area contributed by atoms with E-state index in [1.165, 1.54) is 18.2 Å². The van der Waals surface area contributed by atoms with Crippen LogP contribution in [0.2, 0.25) is 5.02 Å². The molecule has 0 heterocycles. The molecule has 0 aliphatic rings. The van der Waals surface area contributed by atoms with E-state index in [-0.39, 0.29) is 18.6 Å². The van der Waals surface area contributed by atoms with Crippen molar-refractivity contribution < 1.29 is 23.5 Å². The van der Waals surface area contributed by atoms with Crippen LogP contribution in [0.4, 0.5) is 4.39 Å². The van der Waals surface area contributed by atoms with Crippen molar-refractivity contribution in [3.05, 3.63) is 58.9 Å². The van der Waals surface area contributed by atoms with Crippen LogP contribution in [0.5, 0.6) is 11.5 Å². The van der Waals surface area contributed by atoms with Crippen molar-refractivity contribution in [2.75, 3.05) is 0 Å². The smallest absolute Gasteiger partial charge is 0.311 e. The number of esters is 2. The molecule has 2 aromatic rings. The summed E-state index contributed by atoms with van der Waals surface area (Å²) in [6, 6.07) is 10.0. The van der Waals surface area contributed by atoms with E-state index in [1.54, 1.807) is 25.1 Å². The van der Waals surface area contributed by atoms with E-state index >= 15 is 0 Å². The molecule has 0 spiro atoms. The minimum absolute atomic E-state index is 0.0942. The van der Waals surface area contributed by atoms with Crippen LogP contribution in [0.3, 0.4) is 0 Å². The highest BCUT2D eigenvalue weighted by Crippen LogP contribution is 2.21. The summed E-state index contributed by atoms with van der Waals surface area (Å²) in [6.45, 7) is 1.79. The van der Waals surface area contributed by atoms with Gasteiger partial charge in [-0.2, -0.15) is 0 Å². The van der Waals surface area contributed by atoms with Gasteiger partial charge in [0.25, 0.3) is 0 Å². The molecule has 120 valence electrons. The lowest BCUT2D eigenvalue weighted by Crippen LogP contribution is -2.14. The van der Waals surface area contributed by atoms with Crippen molar-refractivity contribution >= 4 is 23.5 Å². The summed E-state index contributed by atoms with van der Waals surface area (Å²) in [5.74, 6) is -1.26. The van der Waals surface area contributed by atoms with Crippen LogP contribution in [-0.2, 0) is 9.59 Å². The fourth-order valence-corrected chi connectivity index (χ4v) is 1.90. The van der Waals surface area contributed by atoms with Gasteiger partial charge in [0.2, 0.25) is 0 Å². The zero-order chi connectivity index (χ0) is 16.8. The molecule has 0 unspecified atom stereocenters. The zero-order valence-electron chi connectivity index (χ0n) is 12.3. The predicted molar refractivity (Wildman–Crippen MR) is 83.1 cm³/mol. The zero-order valence-corrected chi connectivity index (χ0v) is 13.1. The summed E-state index contributed by atoms with van der Waals surface area (Å²) in [5.41, 5.74) is 0.780. The van der Waals surface area contributed by atoms with Crippen LogP contribution >= 0.6 is 11.6 Å². The molecule has 0 amide bonds. The Bertz CT molecular complexity index is 730. The summed E-state index contributed by atoms with van der Waals surface area (Å²) in [4.78, 5) is 23.3. The minimum atomic E-state index is -0.639. The lowest BCUT2D eigenvalue weighted by molar-refractivity contribution is -0.140. The maximum atomic E-state index is 13.0. The topological polar surface area (TPSA) is 52.6 Å². The van der Waals surface area contributed by atoms with Crippen LogP contribution in [0.15, 0.2) is 42.5 Å². The first kappa shape index (κ1) is 17.0. The molecule has 0 aliphatic heterocycles. The highest BCUT2D eigenvalue weighted by Gasteiger charge is 2.12. The standard InChI is InChI=1S/C17H14ClFO4/c1-11-9-14(5-6-15(11)18)23-17(21)8-7-16(20)22-13-4-2-3-12(19)10-13/h2-6,9-10H,7-8H2,1H3. The second-order valence-electron chi connectivity index (χ2n) is 4.82. The predicted octanol–water partition coefficient (Wildman–Crippen LogP) is 4.08. The van der Waals surface area contributed by atoms with Gasteiger partial charge in [0, 0.05) is 11.1 Å². The number of aryl methyl sites for hydroxylation is 1. The van der Waals surface area contributed by atoms with Crippen molar-refractivity contribution in [3.8, 4) is 11.5 Å². The largest absolute Gasteiger partial charge is 0.427 e. The van der Waals surface area contributed by atoms with E-state index in [4.69, 9.17) is 21.1 Å². The van der Waals surface area contributed by atoms with E-state index in [2.05, 4.69) is 0 Å². The van der Waals surface area contributed by atoms with E-state index in [0.717, 1.165) is 11.6 Å². The van der Waals surface area contributed by atoms with Gasteiger partial charge in [0.05, 0.1) is 12.8 Å². The molecule has 0 saturated carbocycles. The normalized spacial score (nSPS) is 10.2. The Balaban J connectivity index is 1.81. The van der Waals surface area contributed by atoms with E-state index in [0.29, 0.717) is 10.8 Å². The molecule has 2 aromatic carbocycles. The first-order valence-electron chi connectivity index (χ1n) is 6.87. The maximum Gasteiger partial charge on any atom is 0.311 e. The van der Waals surface area contributed by atoms with Crippen LogP contribution in [0.25, 0.3) is 0 Å². The van der Waals surface area contributed by atoms with Gasteiger partial charge in [-0.05, 0) is 42.8 Å². The van der Waals surface area contributed by atoms with Gasteiger partial charge < -0.3 is 9.47 Å². The molecule has 0 bridgehead atoms. The molecule has 23 heavy (non-hydrogen) atoms. The molecular weight excluding hydrogens is 323 g/mol. The van der Waals surface area contributed by atoms with Crippen molar-refractivity contribution in [1.29, 1.82) is 0 Å². The summed E-state index contributed by atoms with van der Waals surface area (Å²) in [7, 11) is 0. The fraction of sp³-hybridized carbons (Fsp3) is 0.176. The van der Waals surface area contributed by atoms with Crippen molar-refractivity contribution in [1.82, 2.24) is 0 Å². The summed E-state index contributed by atoms with van der Waals surface area (Å²) in [6.07, 6.45) is -0.308. The second kappa shape index (κ2) is 7.74. The Morgan fingerprint density at radius 2 is 1.61 bits per heavy atom. The third-order valence-electron chi connectivity index (χ3n) is 2.92. The van der Waals surface area contributed by atoms with Crippen LogP contribution < -0.4 is 9.47 Å². The molecule has 0 aliphatic carbocycles. The lowest BCUT2D eigenvalue weighted by atomic mass is 10.2. The number of hydrogen-bond acceptors (Lipinski definition) is 4. The average Bonchev–Trinajstić information content (AvgIpc) is 2.49. The summed E-state index contributed by atoms with van der Waals surface area (Å²) < 4.78 is 23.0. The monoisotopic (exact) mass is 336 g/mol. The molecule has 0 radical (unpaired) electrons. The van der Waals surface area contributed by atoms with Crippen LogP contribution in [0, 0.1) is 12.7 Å². The van der Waals surface area contributed by atoms with Gasteiger partial charge in [-0.25, -0.2) is 4.39 Å². The minimum Gasteiger partial charge on any atom is -0.427 e. The van der Waals surface area contributed by atoms with E-state index in [1.807, 2.05) is 0 Å². The van der Waals surface area contributed by atoms with Gasteiger partial charge in [0.1, 0.15) is 17.3 Å². The first-order valence-corrected chi connectivity index (χ1v) is 7.25. The second-order valence-corrected chi connectivity index (χ2v) is 5.22. The van der Waals surface area contributed by atoms with Gasteiger partial charge >= 0.3 is 11.9 Å². The van der Waals surface area contributed by atoms with Gasteiger partial charge in [-0.3, -0.25) is 9.59 Å². The molecular formula is C17H14ClFO4. The van der Waals surface area contributed by atoms with Crippen molar-refractivity contribution in [2.45, 2.75) is 19.8 Å². The van der Waals surface area contributed by atoms with Crippen molar-refractivity contribution in [3.63, 3.8) is 0 Å². The molecule has 0 N–H and O–H groups in total. The molecule has 6 heteroatoms. The first-order chi connectivity index (χ1) is 10.9. The number of carbonyl (C=O) groups is 2. The van der Waals surface area contributed by atoms with Gasteiger partial charge in [-0.15, -0.1) is 0 Å². The number of halogens is 2. The highest BCUT2D eigenvalue weighted by atomic mass is 35.5. The average molecular weight is 337 g/mol. The lowest BCUT2D eigenvalue weighted by Gasteiger charge is -2.06. The number of hydrogen-bond donors (Lipinski definition) is 0. The number of benzene rings is 2. The fourth-order valence-electron chi connectivity index (χ4n) is 1.78. The molecule has 4 nitrogen and oxygen atoms in total. The molecule has 0 aromatic heterocycles. The SMILES string of the molecule is Cc1cc(OC(=O)CCC(=O)Oc2cccc(F)c2)ccc1Cl. The quantitative estimate of drug-likeness (QED) is 0.610. The Labute approximate surface area is 137 Å². The maximum absolute atomic E-state index is 13.0. The third-order valence-corrected chi connectivity index (χ3v) is 3.35. The molecule has 2 rings (SSSR count). The molecule has 0 atom stereocenters. The summed E-state index contributed by atoms with van der Waals surface area (Å²) >= 11 is 5.88. The summed E-state index contributed by atoms with van der Waals surface area (Å²) in [5, 5.41) is 0.573. The van der Waals surface area contributed by atoms with Crippen LogP contribution in [0.1, 0.15) is 18.4 Å². The number of rotatable bonds is 5. The Kier molecular flexibility index (Phi) is 5.71. The van der Waals surface area contributed by atoms with Gasteiger partial charge in [0.15, 0.2) is 0 Å². The van der Waals surface area contributed by atoms with Crippen LogP contribution in [-0.4, -0.2) is 11.9 Å². The molecule has 0 saturated heterocycles. The third kappa shape index (κ3) is 5.38. The highest BCUT2D eigenvalue weighted by molar-refractivity contribution is 6.31. The van der Waals surface area contributed by atoms with Gasteiger partial charge in [-0.1, -0.05) is 17.7 Å². The Morgan fingerprint density at radius 3 is 2.17 bits per heavy atom. The molecule has 0 fully saturated rings. The van der Waals surface area contributed by atoms with Crippen molar-refractivity contribution in [2.24, 2.45) is 0 Å². The van der Waals surface area contributed by atoms with E-state index < -0.39 is 17.8 Å². The number of ether oxygens (including phenoxy) is 2. The van der Waals surface area contributed by atoms with E-state index in [9.17, 15) is 14.0 Å².